The lowest BCUT2D eigenvalue weighted by Crippen LogP contribution is -2.26. The number of carboxylic acid groups (broad SMARTS) is 1. The maximum absolute atomic E-state index is 10.9. The van der Waals surface area contributed by atoms with E-state index < -0.39 is 10.9 Å². The first-order chi connectivity index (χ1) is 9.49. The summed E-state index contributed by atoms with van der Waals surface area (Å²) in [5.41, 5.74) is -0.197. The standard InChI is InChI=1S/C12H16N2O6/c1-20-7-9(4-5-15)13-10-6-8(12(16)17)2-3-11(10)14(18)19/h2-3,6,9,13,15H,4-5,7H2,1H3,(H,16,17). The molecule has 8 nitrogen and oxygen atoms in total. The van der Waals surface area contributed by atoms with Gasteiger partial charge in [-0.3, -0.25) is 10.1 Å². The van der Waals surface area contributed by atoms with E-state index in [1.807, 2.05) is 0 Å². The number of ether oxygens (including phenoxy) is 1. The summed E-state index contributed by atoms with van der Waals surface area (Å²) < 4.78 is 4.95. The number of methoxy groups -OCH3 is 1. The molecule has 0 aliphatic carbocycles. The average Bonchev–Trinajstić information content (AvgIpc) is 2.38. The lowest BCUT2D eigenvalue weighted by atomic mass is 10.1. The number of benzene rings is 1. The van der Waals surface area contributed by atoms with Gasteiger partial charge in [-0.25, -0.2) is 4.79 Å². The fourth-order valence-electron chi connectivity index (χ4n) is 1.72. The van der Waals surface area contributed by atoms with Crippen molar-refractivity contribution in [3.8, 4) is 0 Å². The fraction of sp³-hybridized carbons (Fsp3) is 0.417. The number of nitro benzene ring substituents is 1. The smallest absolute Gasteiger partial charge is 0.335 e. The molecule has 1 aromatic carbocycles. The Balaban J connectivity index is 3.07. The zero-order valence-electron chi connectivity index (χ0n) is 10.9. The van der Waals surface area contributed by atoms with Crippen molar-refractivity contribution in [3.63, 3.8) is 0 Å². The maximum Gasteiger partial charge on any atom is 0.335 e. The van der Waals surface area contributed by atoms with Crippen LogP contribution in [0, 0.1) is 10.1 Å². The number of nitrogens with zero attached hydrogens (tertiary/aromatic N) is 1. The van der Waals surface area contributed by atoms with Crippen LogP contribution in [0.3, 0.4) is 0 Å². The van der Waals surface area contributed by atoms with E-state index >= 15 is 0 Å². The van der Waals surface area contributed by atoms with Gasteiger partial charge in [-0.05, 0) is 18.6 Å². The van der Waals surface area contributed by atoms with Crippen LogP contribution in [0.1, 0.15) is 16.8 Å². The van der Waals surface area contributed by atoms with Gasteiger partial charge in [-0.2, -0.15) is 0 Å². The number of aliphatic hydroxyl groups is 1. The zero-order chi connectivity index (χ0) is 15.1. The molecule has 0 bridgehead atoms. The molecular formula is C12H16N2O6. The molecule has 0 amide bonds. The lowest BCUT2D eigenvalue weighted by molar-refractivity contribution is -0.384. The van der Waals surface area contributed by atoms with Crippen LogP contribution >= 0.6 is 0 Å². The summed E-state index contributed by atoms with van der Waals surface area (Å²) in [6.07, 6.45) is 0.322. The molecule has 1 aromatic rings. The van der Waals surface area contributed by atoms with Gasteiger partial charge in [0.15, 0.2) is 0 Å². The second kappa shape index (κ2) is 7.41. The van der Waals surface area contributed by atoms with E-state index in [-0.39, 0.29) is 36.2 Å². The van der Waals surface area contributed by atoms with Gasteiger partial charge in [-0.1, -0.05) is 0 Å². The van der Waals surface area contributed by atoms with Crippen LogP contribution in [-0.4, -0.2) is 47.5 Å². The summed E-state index contributed by atoms with van der Waals surface area (Å²) in [4.78, 5) is 21.2. The number of nitrogens with one attached hydrogen (secondary N) is 1. The molecule has 0 heterocycles. The van der Waals surface area contributed by atoms with Gasteiger partial charge in [0.2, 0.25) is 0 Å². The number of hydrogen-bond donors (Lipinski definition) is 3. The van der Waals surface area contributed by atoms with E-state index in [0.717, 1.165) is 6.07 Å². The Morgan fingerprint density at radius 3 is 2.75 bits per heavy atom. The number of carbonyl (C=O) groups is 1. The van der Waals surface area contributed by atoms with Crippen LogP contribution < -0.4 is 5.32 Å². The molecule has 0 radical (unpaired) electrons. The van der Waals surface area contributed by atoms with E-state index in [9.17, 15) is 14.9 Å². The van der Waals surface area contributed by atoms with Crippen LogP contribution in [0.2, 0.25) is 0 Å². The second-order valence-corrected chi connectivity index (χ2v) is 4.10. The van der Waals surface area contributed by atoms with Crippen molar-refractivity contribution < 1.29 is 24.7 Å². The molecule has 3 N–H and O–H groups in total. The lowest BCUT2D eigenvalue weighted by Gasteiger charge is -2.18. The second-order valence-electron chi connectivity index (χ2n) is 4.10. The van der Waals surface area contributed by atoms with Gasteiger partial charge in [0.25, 0.3) is 5.69 Å². The highest BCUT2D eigenvalue weighted by Crippen LogP contribution is 2.26. The van der Waals surface area contributed by atoms with Crippen LogP contribution in [-0.2, 0) is 4.74 Å². The zero-order valence-corrected chi connectivity index (χ0v) is 10.9. The molecular weight excluding hydrogens is 268 g/mol. The summed E-state index contributed by atoms with van der Waals surface area (Å²) in [6, 6.07) is 3.14. The molecule has 1 unspecified atom stereocenters. The number of aromatic carboxylic acids is 1. The molecule has 8 heteroatoms. The maximum atomic E-state index is 10.9. The van der Waals surface area contributed by atoms with E-state index in [1.54, 1.807) is 0 Å². The number of nitro groups is 1. The van der Waals surface area contributed by atoms with E-state index in [2.05, 4.69) is 5.32 Å². The molecule has 1 rings (SSSR count). The van der Waals surface area contributed by atoms with Crippen molar-refractivity contribution >= 4 is 17.3 Å². The van der Waals surface area contributed by atoms with Gasteiger partial charge in [-0.15, -0.1) is 0 Å². The van der Waals surface area contributed by atoms with E-state index in [4.69, 9.17) is 14.9 Å². The molecule has 0 fully saturated rings. The molecule has 1 atom stereocenters. The summed E-state index contributed by atoms with van der Waals surface area (Å²) in [5, 5.41) is 31.6. The largest absolute Gasteiger partial charge is 0.478 e. The summed E-state index contributed by atoms with van der Waals surface area (Å²) in [5.74, 6) is -1.17. The van der Waals surface area contributed by atoms with Gasteiger partial charge in [0, 0.05) is 19.8 Å². The Morgan fingerprint density at radius 1 is 1.55 bits per heavy atom. The minimum absolute atomic E-state index is 0.0572. The first-order valence-corrected chi connectivity index (χ1v) is 5.87. The SMILES string of the molecule is COCC(CCO)Nc1cc(C(=O)O)ccc1[N+](=O)[O-]. The molecule has 0 saturated heterocycles. The predicted molar refractivity (Wildman–Crippen MR) is 71.0 cm³/mol. The van der Waals surface area contributed by atoms with Crippen molar-refractivity contribution in [1.29, 1.82) is 0 Å². The fourth-order valence-corrected chi connectivity index (χ4v) is 1.72. The van der Waals surface area contributed by atoms with Crippen molar-refractivity contribution in [2.45, 2.75) is 12.5 Å². The molecule has 110 valence electrons. The quantitative estimate of drug-likeness (QED) is 0.482. The highest BCUT2D eigenvalue weighted by Gasteiger charge is 2.19. The van der Waals surface area contributed by atoms with Crippen LogP contribution in [0.5, 0.6) is 0 Å². The Morgan fingerprint density at radius 2 is 2.25 bits per heavy atom. The monoisotopic (exact) mass is 284 g/mol. The van der Waals surface area contributed by atoms with Crippen LogP contribution in [0.4, 0.5) is 11.4 Å². The third kappa shape index (κ3) is 4.18. The minimum Gasteiger partial charge on any atom is -0.478 e. The molecule has 20 heavy (non-hydrogen) atoms. The summed E-state index contributed by atoms with van der Waals surface area (Å²) in [7, 11) is 1.47. The Hall–Kier alpha value is -2.19. The first kappa shape index (κ1) is 15.9. The molecule has 0 aromatic heterocycles. The number of rotatable bonds is 8. The third-order valence-corrected chi connectivity index (χ3v) is 2.65. The van der Waals surface area contributed by atoms with Gasteiger partial charge in [0.1, 0.15) is 5.69 Å². The minimum atomic E-state index is -1.17. The van der Waals surface area contributed by atoms with Gasteiger partial charge in [0.05, 0.1) is 23.1 Å². The van der Waals surface area contributed by atoms with Gasteiger partial charge >= 0.3 is 5.97 Å². The molecule has 0 aliphatic rings. The third-order valence-electron chi connectivity index (χ3n) is 2.65. The number of aliphatic hydroxyl groups excluding tert-OH is 1. The number of carboxylic acids is 1. The predicted octanol–water partition coefficient (Wildman–Crippen LogP) is 1.10. The summed E-state index contributed by atoms with van der Waals surface area (Å²) in [6.45, 7) is 0.114. The average molecular weight is 284 g/mol. The Labute approximate surface area is 115 Å². The van der Waals surface area contributed by atoms with Crippen molar-refractivity contribution in [2.24, 2.45) is 0 Å². The number of hydrogen-bond acceptors (Lipinski definition) is 6. The molecule has 0 aliphatic heterocycles. The van der Waals surface area contributed by atoms with E-state index in [1.165, 1.54) is 19.2 Å². The Bertz CT molecular complexity index is 485. The molecule has 0 saturated carbocycles. The first-order valence-electron chi connectivity index (χ1n) is 5.87. The van der Waals surface area contributed by atoms with Crippen LogP contribution in [0.15, 0.2) is 18.2 Å². The normalized spacial score (nSPS) is 11.9. The summed E-state index contributed by atoms with van der Waals surface area (Å²) >= 11 is 0. The highest BCUT2D eigenvalue weighted by molar-refractivity contribution is 5.90. The van der Waals surface area contributed by atoms with E-state index in [0.29, 0.717) is 6.42 Å². The van der Waals surface area contributed by atoms with Crippen molar-refractivity contribution in [1.82, 2.24) is 0 Å². The highest BCUT2D eigenvalue weighted by atomic mass is 16.6. The van der Waals surface area contributed by atoms with Crippen LogP contribution in [0.25, 0.3) is 0 Å². The Kier molecular flexibility index (Phi) is 5.88. The molecule has 0 spiro atoms. The van der Waals surface area contributed by atoms with Gasteiger partial charge < -0.3 is 20.3 Å². The van der Waals surface area contributed by atoms with Crippen molar-refractivity contribution in [2.75, 3.05) is 25.6 Å². The number of anilines is 1. The topological polar surface area (TPSA) is 122 Å². The van der Waals surface area contributed by atoms with Crippen molar-refractivity contribution in [3.05, 3.63) is 33.9 Å².